The van der Waals surface area contributed by atoms with E-state index in [1.807, 2.05) is 30.4 Å². The van der Waals surface area contributed by atoms with Crippen LogP contribution in [0.1, 0.15) is 96.0 Å². The molecule has 0 aliphatic carbocycles. The van der Waals surface area contributed by atoms with Crippen LogP contribution in [0.25, 0.3) is 0 Å². The number of carbonyl (C=O) groups is 1. The van der Waals surface area contributed by atoms with E-state index in [1.54, 1.807) is 0 Å². The summed E-state index contributed by atoms with van der Waals surface area (Å²) in [5.41, 5.74) is 3.52. The number of rotatable bonds is 20. The number of carboxylic acids is 1. The number of hydrogen-bond donors (Lipinski definition) is 4. The fourth-order valence-electron chi connectivity index (χ4n) is 4.12. The highest BCUT2D eigenvalue weighted by atomic mass is 16.4. The first-order valence-electron chi connectivity index (χ1n) is 13.1. The van der Waals surface area contributed by atoms with Gasteiger partial charge in [0.1, 0.15) is 0 Å². The Morgan fingerprint density at radius 2 is 1.59 bits per heavy atom. The fraction of sp³-hybridized carbons (Fsp3) is 0.621. The molecule has 0 saturated heterocycles. The van der Waals surface area contributed by atoms with Crippen molar-refractivity contribution < 1.29 is 25.2 Å². The molecule has 1 aromatic carbocycles. The third kappa shape index (κ3) is 15.0. The molecule has 4 N–H and O–H groups in total. The minimum Gasteiger partial charge on any atom is -0.481 e. The van der Waals surface area contributed by atoms with Gasteiger partial charge in [-0.05, 0) is 56.1 Å². The maximum Gasteiger partial charge on any atom is 0.303 e. The lowest BCUT2D eigenvalue weighted by Crippen LogP contribution is -2.14. The van der Waals surface area contributed by atoms with Crippen LogP contribution in [0.2, 0.25) is 0 Å². The van der Waals surface area contributed by atoms with E-state index in [2.05, 4.69) is 19.1 Å². The van der Waals surface area contributed by atoms with Crippen molar-refractivity contribution in [1.29, 1.82) is 0 Å². The Balaban J connectivity index is 2.88. The second kappa shape index (κ2) is 19.4. The number of aliphatic hydroxyl groups is 3. The number of hydrogen-bond acceptors (Lipinski definition) is 4. The van der Waals surface area contributed by atoms with Gasteiger partial charge in [0.05, 0.1) is 18.8 Å². The van der Waals surface area contributed by atoms with Gasteiger partial charge in [0, 0.05) is 6.42 Å². The normalized spacial score (nSPS) is 14.2. The SMILES string of the molecule is CCCCC[C@H](O)C=CC(CCc1ccccc1)=C(CCCCCCCC(=O)O)C[C@H](O)CO. The van der Waals surface area contributed by atoms with Gasteiger partial charge in [0.15, 0.2) is 0 Å². The number of aryl methyl sites for hydroxylation is 1. The first kappa shape index (κ1) is 30.1. The highest BCUT2D eigenvalue weighted by molar-refractivity contribution is 5.66. The predicted octanol–water partition coefficient (Wildman–Crippen LogP) is 5.97. The standard InChI is InChI=1S/C29H46O5/c1-2-3-8-16-27(31)21-20-25(19-18-24-13-9-7-10-14-24)26(22-28(32)23-30)15-11-5-4-6-12-17-29(33)34/h7,9-10,13-14,20-21,27-28,30-32H,2-6,8,11-12,15-19,22-23H2,1H3,(H,33,34)/t27-,28-/m0/s1. The molecular formula is C29H46O5. The molecule has 5 nitrogen and oxygen atoms in total. The lowest BCUT2D eigenvalue weighted by molar-refractivity contribution is -0.137. The van der Waals surface area contributed by atoms with Gasteiger partial charge in [-0.25, -0.2) is 0 Å². The molecule has 34 heavy (non-hydrogen) atoms. The topological polar surface area (TPSA) is 98.0 Å². The van der Waals surface area contributed by atoms with Crippen LogP contribution in [0, 0.1) is 0 Å². The zero-order valence-corrected chi connectivity index (χ0v) is 21.0. The van der Waals surface area contributed by atoms with Gasteiger partial charge in [-0.1, -0.05) is 93.5 Å². The van der Waals surface area contributed by atoms with Gasteiger partial charge < -0.3 is 20.4 Å². The maximum absolute atomic E-state index is 10.7. The van der Waals surface area contributed by atoms with Gasteiger partial charge >= 0.3 is 5.97 Å². The lowest BCUT2D eigenvalue weighted by atomic mass is 9.91. The zero-order chi connectivity index (χ0) is 25.0. The molecule has 1 rings (SSSR count). The smallest absolute Gasteiger partial charge is 0.303 e. The van der Waals surface area contributed by atoms with Crippen molar-refractivity contribution in [3.05, 3.63) is 59.2 Å². The van der Waals surface area contributed by atoms with Crippen LogP contribution < -0.4 is 0 Å². The van der Waals surface area contributed by atoms with Crippen molar-refractivity contribution in [2.24, 2.45) is 0 Å². The van der Waals surface area contributed by atoms with E-state index in [0.717, 1.165) is 81.8 Å². The molecule has 0 aromatic heterocycles. The van der Waals surface area contributed by atoms with E-state index in [0.29, 0.717) is 12.8 Å². The van der Waals surface area contributed by atoms with Crippen LogP contribution in [-0.4, -0.2) is 45.2 Å². The monoisotopic (exact) mass is 474 g/mol. The van der Waals surface area contributed by atoms with Crippen LogP contribution in [0.4, 0.5) is 0 Å². The summed E-state index contributed by atoms with van der Waals surface area (Å²) in [6.07, 6.45) is 14.4. The van der Waals surface area contributed by atoms with Crippen LogP contribution >= 0.6 is 0 Å². The molecule has 0 fully saturated rings. The summed E-state index contributed by atoms with van der Waals surface area (Å²) in [4.78, 5) is 10.7. The fourth-order valence-corrected chi connectivity index (χ4v) is 4.12. The van der Waals surface area contributed by atoms with E-state index in [9.17, 15) is 20.1 Å². The summed E-state index contributed by atoms with van der Waals surface area (Å²) >= 11 is 0. The second-order valence-electron chi connectivity index (χ2n) is 9.24. The molecule has 192 valence electrons. The van der Waals surface area contributed by atoms with E-state index < -0.39 is 18.2 Å². The summed E-state index contributed by atoms with van der Waals surface area (Å²) in [5, 5.41) is 38.8. The highest BCUT2D eigenvalue weighted by Gasteiger charge is 2.12. The molecule has 5 heteroatoms. The van der Waals surface area contributed by atoms with Crippen LogP contribution in [0.5, 0.6) is 0 Å². The Labute approximate surface area is 206 Å². The van der Waals surface area contributed by atoms with Crippen LogP contribution in [-0.2, 0) is 11.2 Å². The van der Waals surface area contributed by atoms with Gasteiger partial charge in [-0.15, -0.1) is 0 Å². The van der Waals surface area contributed by atoms with Crippen molar-refractivity contribution in [2.75, 3.05) is 6.61 Å². The summed E-state index contributed by atoms with van der Waals surface area (Å²) in [5.74, 6) is -0.741. The Bertz CT molecular complexity index is 710. The molecule has 0 bridgehead atoms. The lowest BCUT2D eigenvalue weighted by Gasteiger charge is -2.17. The molecule has 0 aliphatic heterocycles. The van der Waals surface area contributed by atoms with Crippen molar-refractivity contribution in [2.45, 2.75) is 109 Å². The summed E-state index contributed by atoms with van der Waals surface area (Å²) in [6.45, 7) is 1.88. The van der Waals surface area contributed by atoms with E-state index in [1.165, 1.54) is 5.56 Å². The molecule has 2 atom stereocenters. The van der Waals surface area contributed by atoms with Gasteiger partial charge in [0.2, 0.25) is 0 Å². The average Bonchev–Trinajstić information content (AvgIpc) is 2.83. The minimum atomic E-state index is -0.792. The van der Waals surface area contributed by atoms with Crippen LogP contribution in [0.3, 0.4) is 0 Å². The summed E-state index contributed by atoms with van der Waals surface area (Å²) < 4.78 is 0. The number of aliphatic hydroxyl groups excluding tert-OH is 3. The molecule has 0 saturated carbocycles. The zero-order valence-electron chi connectivity index (χ0n) is 21.0. The van der Waals surface area contributed by atoms with Crippen LogP contribution in [0.15, 0.2) is 53.6 Å². The highest BCUT2D eigenvalue weighted by Crippen LogP contribution is 2.25. The Morgan fingerprint density at radius 1 is 0.912 bits per heavy atom. The molecule has 0 heterocycles. The second-order valence-corrected chi connectivity index (χ2v) is 9.24. The third-order valence-electron chi connectivity index (χ3n) is 6.16. The number of aliphatic carboxylic acids is 1. The van der Waals surface area contributed by atoms with Gasteiger partial charge in [0.25, 0.3) is 0 Å². The average molecular weight is 475 g/mol. The number of benzene rings is 1. The van der Waals surface area contributed by atoms with Gasteiger partial charge in [-0.2, -0.15) is 0 Å². The van der Waals surface area contributed by atoms with Gasteiger partial charge in [-0.3, -0.25) is 4.79 Å². The Morgan fingerprint density at radius 3 is 2.24 bits per heavy atom. The Kier molecular flexibility index (Phi) is 17.1. The summed E-state index contributed by atoms with van der Waals surface area (Å²) in [7, 11) is 0. The minimum absolute atomic E-state index is 0.225. The van der Waals surface area contributed by atoms with Crippen molar-refractivity contribution in [1.82, 2.24) is 0 Å². The molecule has 0 aliphatic rings. The van der Waals surface area contributed by atoms with E-state index in [4.69, 9.17) is 5.11 Å². The first-order valence-corrected chi connectivity index (χ1v) is 13.1. The van der Waals surface area contributed by atoms with E-state index in [-0.39, 0.29) is 13.0 Å². The molecule has 1 aromatic rings. The largest absolute Gasteiger partial charge is 0.481 e. The number of unbranched alkanes of at least 4 members (excludes halogenated alkanes) is 6. The first-order chi connectivity index (χ1) is 16.5. The number of carboxylic acid groups (broad SMARTS) is 1. The quantitative estimate of drug-likeness (QED) is 0.138. The predicted molar refractivity (Wildman–Crippen MR) is 139 cm³/mol. The van der Waals surface area contributed by atoms with Crippen molar-refractivity contribution in [3.8, 4) is 0 Å². The molecule has 0 spiro atoms. The molecule has 0 unspecified atom stereocenters. The molecule has 0 amide bonds. The summed E-state index contributed by atoms with van der Waals surface area (Å²) in [6, 6.07) is 10.3. The van der Waals surface area contributed by atoms with Crippen molar-refractivity contribution in [3.63, 3.8) is 0 Å². The Hall–Kier alpha value is -1.95. The van der Waals surface area contributed by atoms with Crippen molar-refractivity contribution >= 4 is 5.97 Å². The molecule has 0 radical (unpaired) electrons. The van der Waals surface area contributed by atoms with E-state index >= 15 is 0 Å². The molecular weight excluding hydrogens is 428 g/mol. The third-order valence-corrected chi connectivity index (χ3v) is 6.16. The number of allylic oxidation sites excluding steroid dienone is 2. The maximum atomic E-state index is 10.7.